The van der Waals surface area contributed by atoms with E-state index >= 15 is 0 Å². The summed E-state index contributed by atoms with van der Waals surface area (Å²) >= 11 is 6.27. The van der Waals surface area contributed by atoms with Crippen molar-refractivity contribution in [3.8, 4) is 5.69 Å². The number of rotatable bonds is 5. The summed E-state index contributed by atoms with van der Waals surface area (Å²) in [5.74, 6) is 0.757. The highest BCUT2D eigenvalue weighted by Crippen LogP contribution is 2.23. The lowest BCUT2D eigenvalue weighted by Crippen LogP contribution is -2.37. The van der Waals surface area contributed by atoms with E-state index in [0.717, 1.165) is 25.1 Å². The van der Waals surface area contributed by atoms with Crippen LogP contribution in [0.4, 0.5) is 0 Å². The summed E-state index contributed by atoms with van der Waals surface area (Å²) in [4.78, 5) is 16.8. The molecule has 1 aliphatic rings. The van der Waals surface area contributed by atoms with Gasteiger partial charge in [-0.05, 0) is 31.5 Å². The van der Waals surface area contributed by atoms with Gasteiger partial charge in [-0.15, -0.1) is 5.10 Å². The van der Waals surface area contributed by atoms with Gasteiger partial charge in [-0.3, -0.25) is 4.79 Å². The van der Waals surface area contributed by atoms with Crippen molar-refractivity contribution >= 4 is 17.5 Å². The summed E-state index contributed by atoms with van der Waals surface area (Å²) < 4.78 is 1.66. The lowest BCUT2D eigenvalue weighted by Gasteiger charge is -2.09. The van der Waals surface area contributed by atoms with Gasteiger partial charge in [-0.2, -0.15) is 0 Å². The zero-order chi connectivity index (χ0) is 17.1. The van der Waals surface area contributed by atoms with Crippen LogP contribution in [0.15, 0.2) is 24.3 Å². The number of hydrogen-bond acceptors (Lipinski definition) is 4. The van der Waals surface area contributed by atoms with Crippen LogP contribution in [0.2, 0.25) is 5.02 Å². The third-order valence-corrected chi connectivity index (χ3v) is 4.42. The van der Waals surface area contributed by atoms with Gasteiger partial charge in [0.25, 0.3) is 5.91 Å². The maximum Gasteiger partial charge on any atom is 0.291 e. The average molecular weight is 348 g/mol. The molecule has 1 amide bonds. The second-order valence-corrected chi connectivity index (χ2v) is 6.72. The Morgan fingerprint density at radius 1 is 1.46 bits per heavy atom. The van der Waals surface area contributed by atoms with Crippen LogP contribution in [0.5, 0.6) is 0 Å². The van der Waals surface area contributed by atoms with Crippen LogP contribution in [0.3, 0.4) is 0 Å². The summed E-state index contributed by atoms with van der Waals surface area (Å²) in [5, 5.41) is 11.2. The monoisotopic (exact) mass is 347 g/mol. The Hall–Kier alpha value is -1.92. The van der Waals surface area contributed by atoms with E-state index in [1.54, 1.807) is 10.7 Å². The predicted molar refractivity (Wildman–Crippen MR) is 93.8 cm³/mol. The van der Waals surface area contributed by atoms with Crippen molar-refractivity contribution in [2.24, 2.45) is 0 Å². The van der Waals surface area contributed by atoms with Crippen molar-refractivity contribution in [1.82, 2.24) is 25.4 Å². The van der Waals surface area contributed by atoms with E-state index < -0.39 is 0 Å². The second kappa shape index (κ2) is 7.32. The van der Waals surface area contributed by atoms with Gasteiger partial charge < -0.3 is 10.6 Å². The number of carbonyl (C=O) groups excluding carboxylic acids is 1. The van der Waals surface area contributed by atoms with Crippen molar-refractivity contribution in [2.45, 2.75) is 38.6 Å². The number of aromatic nitrogens is 3. The predicted octanol–water partition coefficient (Wildman–Crippen LogP) is 2.53. The molecule has 1 unspecified atom stereocenters. The molecule has 2 heterocycles. The molecule has 0 radical (unpaired) electrons. The van der Waals surface area contributed by atoms with Crippen LogP contribution >= 0.6 is 11.6 Å². The molecule has 1 aliphatic heterocycles. The van der Waals surface area contributed by atoms with Crippen LogP contribution in [0.25, 0.3) is 5.69 Å². The first-order valence-electron chi connectivity index (χ1n) is 8.29. The van der Waals surface area contributed by atoms with E-state index in [1.165, 1.54) is 0 Å². The molecular formula is C17H22ClN5O. The van der Waals surface area contributed by atoms with E-state index in [-0.39, 0.29) is 17.6 Å². The maximum absolute atomic E-state index is 12.4. The first-order chi connectivity index (χ1) is 11.6. The number of benzene rings is 1. The number of nitrogens with one attached hydrogen (secondary N) is 2. The smallest absolute Gasteiger partial charge is 0.291 e. The first-order valence-corrected chi connectivity index (χ1v) is 8.67. The fraction of sp³-hybridized carbons (Fsp3) is 0.471. The van der Waals surface area contributed by atoms with E-state index in [1.807, 2.05) is 32.0 Å². The van der Waals surface area contributed by atoms with Crippen molar-refractivity contribution in [3.05, 3.63) is 40.9 Å². The minimum Gasteiger partial charge on any atom is -0.348 e. The van der Waals surface area contributed by atoms with Crippen LogP contribution in [-0.4, -0.2) is 39.8 Å². The third kappa shape index (κ3) is 3.60. The van der Waals surface area contributed by atoms with Crippen molar-refractivity contribution < 1.29 is 4.79 Å². The van der Waals surface area contributed by atoms with Crippen LogP contribution in [0.1, 0.15) is 49.1 Å². The SMILES string of the molecule is CC(C)c1nc(C(=O)NCC2CCCN2)nn1-c1ccccc1Cl. The Kier molecular flexibility index (Phi) is 5.16. The van der Waals surface area contributed by atoms with Gasteiger partial charge in [0.2, 0.25) is 5.82 Å². The van der Waals surface area contributed by atoms with Crippen LogP contribution in [-0.2, 0) is 0 Å². The lowest BCUT2D eigenvalue weighted by atomic mass is 10.2. The summed E-state index contributed by atoms with van der Waals surface area (Å²) in [6, 6.07) is 7.75. The summed E-state index contributed by atoms with van der Waals surface area (Å²) in [6.07, 6.45) is 2.23. The highest BCUT2D eigenvalue weighted by molar-refractivity contribution is 6.32. The Balaban J connectivity index is 1.83. The molecule has 1 atom stereocenters. The third-order valence-electron chi connectivity index (χ3n) is 4.10. The number of amides is 1. The summed E-state index contributed by atoms with van der Waals surface area (Å²) in [6.45, 7) is 5.64. The maximum atomic E-state index is 12.4. The van der Waals surface area contributed by atoms with Crippen molar-refractivity contribution in [2.75, 3.05) is 13.1 Å². The number of hydrogen-bond donors (Lipinski definition) is 2. The molecule has 2 N–H and O–H groups in total. The van der Waals surface area contributed by atoms with Crippen LogP contribution < -0.4 is 10.6 Å². The zero-order valence-electron chi connectivity index (χ0n) is 13.9. The molecule has 1 aromatic heterocycles. The Bertz CT molecular complexity index is 722. The minimum absolute atomic E-state index is 0.117. The second-order valence-electron chi connectivity index (χ2n) is 6.31. The van der Waals surface area contributed by atoms with Gasteiger partial charge in [0.05, 0.1) is 10.7 Å². The molecule has 0 bridgehead atoms. The molecule has 128 valence electrons. The molecule has 1 fully saturated rings. The fourth-order valence-corrected chi connectivity index (χ4v) is 3.04. The topological polar surface area (TPSA) is 71.8 Å². The quantitative estimate of drug-likeness (QED) is 0.871. The number of carbonyl (C=O) groups is 1. The van der Waals surface area contributed by atoms with Gasteiger partial charge in [0.15, 0.2) is 0 Å². The molecule has 1 saturated heterocycles. The molecule has 24 heavy (non-hydrogen) atoms. The number of halogens is 1. The molecule has 0 saturated carbocycles. The molecular weight excluding hydrogens is 326 g/mol. The first kappa shape index (κ1) is 16.9. The van der Waals surface area contributed by atoms with Gasteiger partial charge in [0, 0.05) is 18.5 Å². The molecule has 7 heteroatoms. The van der Waals surface area contributed by atoms with E-state index in [4.69, 9.17) is 11.6 Å². The van der Waals surface area contributed by atoms with Gasteiger partial charge in [-0.25, -0.2) is 9.67 Å². The molecule has 1 aromatic carbocycles. The molecule has 0 aliphatic carbocycles. The largest absolute Gasteiger partial charge is 0.348 e. The van der Waals surface area contributed by atoms with E-state index in [9.17, 15) is 4.79 Å². The Morgan fingerprint density at radius 2 is 2.25 bits per heavy atom. The molecule has 2 aromatic rings. The fourth-order valence-electron chi connectivity index (χ4n) is 2.82. The Morgan fingerprint density at radius 3 is 2.92 bits per heavy atom. The van der Waals surface area contributed by atoms with Gasteiger partial charge >= 0.3 is 0 Å². The number of para-hydroxylation sites is 1. The van der Waals surface area contributed by atoms with E-state index in [0.29, 0.717) is 23.4 Å². The van der Waals surface area contributed by atoms with Gasteiger partial charge in [0.1, 0.15) is 5.82 Å². The molecule has 6 nitrogen and oxygen atoms in total. The van der Waals surface area contributed by atoms with Gasteiger partial charge in [-0.1, -0.05) is 37.6 Å². The highest BCUT2D eigenvalue weighted by atomic mass is 35.5. The number of nitrogens with zero attached hydrogens (tertiary/aromatic N) is 3. The molecule has 0 spiro atoms. The zero-order valence-corrected chi connectivity index (χ0v) is 14.7. The normalized spacial score (nSPS) is 17.4. The van der Waals surface area contributed by atoms with Crippen molar-refractivity contribution in [3.63, 3.8) is 0 Å². The van der Waals surface area contributed by atoms with Crippen LogP contribution in [0, 0.1) is 0 Å². The highest BCUT2D eigenvalue weighted by Gasteiger charge is 2.21. The van der Waals surface area contributed by atoms with E-state index in [2.05, 4.69) is 20.7 Å². The molecule has 3 rings (SSSR count). The average Bonchev–Trinajstić information content (AvgIpc) is 3.22. The lowest BCUT2D eigenvalue weighted by molar-refractivity contribution is 0.0940. The minimum atomic E-state index is -0.253. The Labute approximate surface area is 146 Å². The summed E-state index contributed by atoms with van der Waals surface area (Å²) in [7, 11) is 0. The van der Waals surface area contributed by atoms with Crippen molar-refractivity contribution in [1.29, 1.82) is 0 Å². The summed E-state index contributed by atoms with van der Waals surface area (Å²) in [5.41, 5.74) is 0.729. The standard InChI is InChI=1S/C17H22ClN5O/c1-11(2)16-21-15(17(24)20-10-12-6-5-9-19-12)22-23(16)14-8-4-3-7-13(14)18/h3-4,7-8,11-12,19H,5-6,9-10H2,1-2H3,(H,20,24).